The lowest BCUT2D eigenvalue weighted by Gasteiger charge is -2.10. The fraction of sp³-hybridized carbons (Fsp3) is 0.227. The summed E-state index contributed by atoms with van der Waals surface area (Å²) in [6.07, 6.45) is 4.09. The summed E-state index contributed by atoms with van der Waals surface area (Å²) < 4.78 is 25.0. The molecule has 0 radical (unpaired) electrons. The van der Waals surface area contributed by atoms with Gasteiger partial charge in [-0.2, -0.15) is 0 Å². The quantitative estimate of drug-likeness (QED) is 0.490. The molecule has 0 spiro atoms. The topological polar surface area (TPSA) is 133 Å². The fourth-order valence-corrected chi connectivity index (χ4v) is 3.68. The van der Waals surface area contributed by atoms with Crippen molar-refractivity contribution < 1.29 is 13.2 Å². The second-order valence-corrected chi connectivity index (χ2v) is 8.83. The van der Waals surface area contributed by atoms with Crippen LogP contribution in [-0.2, 0) is 40.7 Å². The maximum atomic E-state index is 12.4. The highest BCUT2D eigenvalue weighted by Gasteiger charge is 2.10. The number of carbonyl (C=O) groups is 1. The summed E-state index contributed by atoms with van der Waals surface area (Å²) in [4.78, 5) is 37.1. The standard InChI is InChI=1S/C22H24N4O5S/c1-2-16-4-3-5-18(14-16)24-20(27)15-26-13-12-25(21(28)22(26)29)11-10-17-6-8-19(9-7-17)32(23,30)31/h3-9,12-14H,2,10-11,15H2,1H3,(H,24,27)(H2,23,30,31). The molecule has 3 rings (SSSR count). The molecular formula is C22H24N4O5S. The number of hydrogen-bond acceptors (Lipinski definition) is 5. The Morgan fingerprint density at radius 3 is 2.28 bits per heavy atom. The monoisotopic (exact) mass is 456 g/mol. The van der Waals surface area contributed by atoms with Crippen molar-refractivity contribution in [3.8, 4) is 0 Å². The van der Waals surface area contributed by atoms with Crippen LogP contribution in [0.5, 0.6) is 0 Å². The summed E-state index contributed by atoms with van der Waals surface area (Å²) in [6.45, 7) is 1.95. The van der Waals surface area contributed by atoms with E-state index in [1.165, 1.54) is 29.1 Å². The molecule has 0 saturated heterocycles. The smallest absolute Gasteiger partial charge is 0.316 e. The zero-order chi connectivity index (χ0) is 23.3. The molecule has 0 aliphatic carbocycles. The molecule has 0 atom stereocenters. The molecule has 1 aromatic heterocycles. The minimum absolute atomic E-state index is 0.000659. The summed E-state index contributed by atoms with van der Waals surface area (Å²) in [6, 6.07) is 13.4. The number of rotatable bonds is 8. The van der Waals surface area contributed by atoms with Gasteiger partial charge in [-0.25, -0.2) is 13.6 Å². The normalized spacial score (nSPS) is 11.3. The summed E-state index contributed by atoms with van der Waals surface area (Å²) in [5.41, 5.74) is 0.942. The Morgan fingerprint density at radius 2 is 1.62 bits per heavy atom. The average molecular weight is 457 g/mol. The molecule has 32 heavy (non-hydrogen) atoms. The molecule has 10 heteroatoms. The molecule has 168 valence electrons. The lowest BCUT2D eigenvalue weighted by Crippen LogP contribution is -2.42. The van der Waals surface area contributed by atoms with Crippen molar-refractivity contribution in [1.82, 2.24) is 9.13 Å². The average Bonchev–Trinajstić information content (AvgIpc) is 2.76. The predicted molar refractivity (Wildman–Crippen MR) is 121 cm³/mol. The molecular weight excluding hydrogens is 432 g/mol. The van der Waals surface area contributed by atoms with E-state index in [1.54, 1.807) is 18.2 Å². The van der Waals surface area contributed by atoms with Crippen LogP contribution in [0.15, 0.2) is 75.4 Å². The van der Waals surface area contributed by atoms with Gasteiger partial charge in [-0.3, -0.25) is 19.0 Å². The van der Waals surface area contributed by atoms with Crippen molar-refractivity contribution in [2.75, 3.05) is 5.32 Å². The van der Waals surface area contributed by atoms with Gasteiger partial charge in [0, 0.05) is 24.6 Å². The Hall–Kier alpha value is -3.50. The molecule has 3 aromatic rings. The van der Waals surface area contributed by atoms with Crippen molar-refractivity contribution in [2.45, 2.75) is 37.8 Å². The van der Waals surface area contributed by atoms with Crippen LogP contribution in [0.3, 0.4) is 0 Å². The minimum atomic E-state index is -3.77. The number of anilines is 1. The maximum absolute atomic E-state index is 12.4. The number of benzene rings is 2. The molecule has 0 aliphatic rings. The molecule has 2 aromatic carbocycles. The van der Waals surface area contributed by atoms with Crippen LogP contribution < -0.4 is 21.6 Å². The van der Waals surface area contributed by atoms with Gasteiger partial charge in [-0.05, 0) is 48.2 Å². The van der Waals surface area contributed by atoms with Gasteiger partial charge in [0.25, 0.3) is 0 Å². The van der Waals surface area contributed by atoms with E-state index in [0.717, 1.165) is 22.1 Å². The van der Waals surface area contributed by atoms with E-state index < -0.39 is 27.0 Å². The van der Waals surface area contributed by atoms with E-state index in [0.29, 0.717) is 12.1 Å². The Bertz CT molecular complexity index is 1340. The number of nitrogens with two attached hydrogens (primary N) is 1. The van der Waals surface area contributed by atoms with Gasteiger partial charge >= 0.3 is 11.1 Å². The molecule has 1 amide bonds. The van der Waals surface area contributed by atoms with Crippen molar-refractivity contribution in [3.05, 3.63) is 92.8 Å². The van der Waals surface area contributed by atoms with E-state index in [-0.39, 0.29) is 18.0 Å². The van der Waals surface area contributed by atoms with Crippen LogP contribution in [0.1, 0.15) is 18.1 Å². The number of carbonyl (C=O) groups excluding carboxylic acids is 1. The van der Waals surface area contributed by atoms with Gasteiger partial charge in [-0.15, -0.1) is 0 Å². The zero-order valence-electron chi connectivity index (χ0n) is 17.5. The number of primary sulfonamides is 1. The van der Waals surface area contributed by atoms with Crippen LogP contribution in [0.2, 0.25) is 0 Å². The summed E-state index contributed by atoms with van der Waals surface area (Å²) in [5.74, 6) is -0.410. The molecule has 0 aliphatic heterocycles. The highest BCUT2D eigenvalue weighted by molar-refractivity contribution is 7.89. The van der Waals surface area contributed by atoms with Crippen molar-refractivity contribution in [2.24, 2.45) is 5.14 Å². The van der Waals surface area contributed by atoms with Gasteiger partial charge < -0.3 is 9.88 Å². The molecule has 0 saturated carbocycles. The Labute approximate surface area is 185 Å². The fourth-order valence-electron chi connectivity index (χ4n) is 3.16. The van der Waals surface area contributed by atoms with Crippen LogP contribution in [0.4, 0.5) is 5.69 Å². The first kappa shape index (κ1) is 23.2. The van der Waals surface area contributed by atoms with Gasteiger partial charge in [0.2, 0.25) is 15.9 Å². The van der Waals surface area contributed by atoms with E-state index >= 15 is 0 Å². The molecule has 0 bridgehead atoms. The van der Waals surface area contributed by atoms with Gasteiger partial charge in [-0.1, -0.05) is 31.2 Å². The lowest BCUT2D eigenvalue weighted by molar-refractivity contribution is -0.116. The van der Waals surface area contributed by atoms with Crippen molar-refractivity contribution in [1.29, 1.82) is 0 Å². The van der Waals surface area contributed by atoms with E-state index in [4.69, 9.17) is 5.14 Å². The third kappa shape index (κ3) is 5.80. The third-order valence-electron chi connectivity index (χ3n) is 4.96. The summed E-state index contributed by atoms with van der Waals surface area (Å²) >= 11 is 0. The highest BCUT2D eigenvalue weighted by atomic mass is 32.2. The Morgan fingerprint density at radius 1 is 0.969 bits per heavy atom. The predicted octanol–water partition coefficient (Wildman–Crippen LogP) is 1.10. The van der Waals surface area contributed by atoms with Crippen LogP contribution in [0, 0.1) is 0 Å². The van der Waals surface area contributed by atoms with Crippen molar-refractivity contribution >= 4 is 21.6 Å². The summed E-state index contributed by atoms with van der Waals surface area (Å²) in [5, 5.41) is 7.80. The zero-order valence-corrected chi connectivity index (χ0v) is 18.3. The molecule has 0 fully saturated rings. The highest BCUT2D eigenvalue weighted by Crippen LogP contribution is 2.11. The number of aromatic nitrogens is 2. The van der Waals surface area contributed by atoms with Crippen LogP contribution in [-0.4, -0.2) is 23.5 Å². The SMILES string of the molecule is CCc1cccc(NC(=O)Cn2ccn(CCc3ccc(S(N)(=O)=O)cc3)c(=O)c2=O)c1. The van der Waals surface area contributed by atoms with Gasteiger partial charge in [0.05, 0.1) is 4.90 Å². The summed E-state index contributed by atoms with van der Waals surface area (Å²) in [7, 11) is -3.77. The molecule has 3 N–H and O–H groups in total. The first-order valence-corrected chi connectivity index (χ1v) is 11.5. The first-order valence-electron chi connectivity index (χ1n) is 9.98. The van der Waals surface area contributed by atoms with Gasteiger partial charge in [0.1, 0.15) is 6.54 Å². The number of hydrogen-bond donors (Lipinski definition) is 2. The number of aryl methyl sites for hydroxylation is 3. The largest absolute Gasteiger partial charge is 0.325 e. The second kappa shape index (κ2) is 9.75. The molecule has 1 heterocycles. The van der Waals surface area contributed by atoms with E-state index in [1.807, 2.05) is 25.1 Å². The number of sulfonamides is 1. The second-order valence-electron chi connectivity index (χ2n) is 7.27. The first-order chi connectivity index (χ1) is 15.2. The minimum Gasteiger partial charge on any atom is -0.325 e. The third-order valence-corrected chi connectivity index (χ3v) is 5.89. The Kier molecular flexibility index (Phi) is 7.06. The number of nitrogens with zero attached hydrogens (tertiary/aromatic N) is 2. The number of nitrogens with one attached hydrogen (secondary N) is 1. The number of amides is 1. The van der Waals surface area contributed by atoms with E-state index in [9.17, 15) is 22.8 Å². The Balaban J connectivity index is 1.66. The van der Waals surface area contributed by atoms with Gasteiger partial charge in [0.15, 0.2) is 0 Å². The van der Waals surface area contributed by atoms with E-state index in [2.05, 4.69) is 5.32 Å². The molecule has 0 unspecified atom stereocenters. The van der Waals surface area contributed by atoms with Crippen molar-refractivity contribution in [3.63, 3.8) is 0 Å². The van der Waals surface area contributed by atoms with Crippen LogP contribution in [0.25, 0.3) is 0 Å². The maximum Gasteiger partial charge on any atom is 0.316 e. The van der Waals surface area contributed by atoms with Crippen LogP contribution >= 0.6 is 0 Å². The lowest BCUT2D eigenvalue weighted by atomic mass is 10.1. The molecule has 9 nitrogen and oxygen atoms in total.